The number of aromatic amines is 1. The Hall–Kier alpha value is -3.92. The van der Waals surface area contributed by atoms with Crippen LogP contribution in [0.1, 0.15) is 29.2 Å². The smallest absolute Gasteiger partial charge is 0.248 e. The summed E-state index contributed by atoms with van der Waals surface area (Å²) < 4.78 is 7.57. The lowest BCUT2D eigenvalue weighted by Gasteiger charge is -2.45. The summed E-state index contributed by atoms with van der Waals surface area (Å²) in [6.07, 6.45) is 3.47. The molecule has 2 atom stereocenters. The van der Waals surface area contributed by atoms with Crippen molar-refractivity contribution in [3.8, 4) is 22.8 Å². The maximum atomic E-state index is 13.8. The number of nitrogens with zero attached hydrogens (tertiary/aromatic N) is 3. The number of benzene rings is 2. The molecule has 0 saturated carbocycles. The highest BCUT2D eigenvalue weighted by Gasteiger charge is 2.53. The van der Waals surface area contributed by atoms with E-state index < -0.39 is 17.4 Å². The van der Waals surface area contributed by atoms with Crippen LogP contribution in [0.3, 0.4) is 0 Å². The number of carbonyl (C=O) groups excluding carboxylic acids is 2. The molecular formula is C29H21ClN4O3S2. The fourth-order valence-electron chi connectivity index (χ4n) is 4.97. The van der Waals surface area contributed by atoms with E-state index in [2.05, 4.69) is 10.2 Å². The molecule has 3 aromatic heterocycles. The number of carbonyl (C=O) groups is 2. The average molecular weight is 573 g/mol. The van der Waals surface area contributed by atoms with Gasteiger partial charge in [0.2, 0.25) is 11.8 Å². The summed E-state index contributed by atoms with van der Waals surface area (Å²) in [6.45, 7) is 0. The number of nitrogens with one attached hydrogen (secondary N) is 1. The van der Waals surface area contributed by atoms with Gasteiger partial charge in [0, 0.05) is 34.8 Å². The number of amides is 1. The van der Waals surface area contributed by atoms with Crippen molar-refractivity contribution in [3.05, 3.63) is 118 Å². The lowest BCUT2D eigenvalue weighted by Crippen LogP contribution is -2.54. The maximum absolute atomic E-state index is 13.8. The quantitative estimate of drug-likeness (QED) is 0.176. The molecule has 1 saturated heterocycles. The van der Waals surface area contributed by atoms with Crippen molar-refractivity contribution in [1.29, 1.82) is 0 Å². The normalized spacial score (nSPS) is 19.3. The average Bonchev–Trinajstić information content (AvgIpc) is 3.68. The van der Waals surface area contributed by atoms with Gasteiger partial charge in [-0.25, -0.2) is 4.98 Å². The van der Waals surface area contributed by atoms with Crippen LogP contribution < -0.4 is 4.74 Å². The number of hydrogen-bond donors (Lipinski definition) is 2. The molecular weight excluding hydrogens is 552 g/mol. The van der Waals surface area contributed by atoms with E-state index in [1.165, 1.54) is 15.6 Å². The molecule has 39 heavy (non-hydrogen) atoms. The predicted molar refractivity (Wildman–Crippen MR) is 153 cm³/mol. The lowest BCUT2D eigenvalue weighted by atomic mass is 9.75. The third kappa shape index (κ3) is 4.42. The number of Topliss-reactive ketones (excluding diaryl/α,β-unsaturated/α-hetero) is 1. The van der Waals surface area contributed by atoms with Crippen LogP contribution >= 0.6 is 35.8 Å². The molecule has 0 spiro atoms. The van der Waals surface area contributed by atoms with E-state index in [0.29, 0.717) is 27.9 Å². The maximum Gasteiger partial charge on any atom is 0.248 e. The lowest BCUT2D eigenvalue weighted by molar-refractivity contribution is -0.142. The van der Waals surface area contributed by atoms with Gasteiger partial charge in [-0.1, -0.05) is 66.9 Å². The first-order chi connectivity index (χ1) is 19.0. The molecule has 1 aliphatic rings. The molecule has 1 N–H and O–H groups in total. The van der Waals surface area contributed by atoms with Crippen molar-refractivity contribution in [3.63, 3.8) is 0 Å². The number of thiophene rings is 1. The minimum absolute atomic E-state index is 0.0308. The number of para-hydroxylation sites is 1. The molecule has 7 nitrogen and oxygen atoms in total. The number of hydrogen-bond acceptors (Lipinski definition) is 7. The molecule has 1 fully saturated rings. The zero-order chi connectivity index (χ0) is 27.0. The second-order valence-corrected chi connectivity index (χ2v) is 10.7. The third-order valence-corrected chi connectivity index (χ3v) is 8.41. The molecule has 0 bridgehead atoms. The van der Waals surface area contributed by atoms with Crippen LogP contribution in [-0.2, 0) is 15.1 Å². The van der Waals surface area contributed by atoms with E-state index in [9.17, 15) is 9.59 Å². The van der Waals surface area contributed by atoms with E-state index >= 15 is 0 Å². The number of halogens is 1. The molecule has 5 aromatic rings. The van der Waals surface area contributed by atoms with Crippen LogP contribution in [0.2, 0.25) is 5.02 Å². The van der Waals surface area contributed by atoms with Crippen LogP contribution in [0.5, 0.6) is 11.6 Å². The highest BCUT2D eigenvalue weighted by Crippen LogP contribution is 2.48. The number of rotatable bonds is 6. The van der Waals surface area contributed by atoms with Crippen LogP contribution in [0, 0.1) is 0 Å². The molecule has 1 aliphatic heterocycles. The number of aromatic nitrogens is 3. The molecule has 4 heterocycles. The first-order valence-electron chi connectivity index (χ1n) is 12.1. The highest BCUT2D eigenvalue weighted by molar-refractivity contribution is 7.78. The Balaban J connectivity index is 1.42. The number of H-pyrrole nitrogens is 1. The molecule has 1 amide bonds. The monoisotopic (exact) mass is 572 g/mol. The Kier molecular flexibility index (Phi) is 6.72. The first kappa shape index (κ1) is 25.4. The van der Waals surface area contributed by atoms with Gasteiger partial charge < -0.3 is 4.74 Å². The summed E-state index contributed by atoms with van der Waals surface area (Å²) in [5.74, 6) is -0.877. The van der Waals surface area contributed by atoms with Crippen molar-refractivity contribution >= 4 is 47.4 Å². The molecule has 194 valence electrons. The van der Waals surface area contributed by atoms with Crippen LogP contribution in [0.25, 0.3) is 11.1 Å². The Morgan fingerprint density at radius 3 is 2.64 bits per heavy atom. The summed E-state index contributed by atoms with van der Waals surface area (Å²) in [5, 5.41) is 11.0. The van der Waals surface area contributed by atoms with E-state index in [-0.39, 0.29) is 12.2 Å². The zero-order valence-electron chi connectivity index (χ0n) is 20.3. The van der Waals surface area contributed by atoms with E-state index in [1.807, 2.05) is 41.1 Å². The minimum atomic E-state index is -1.24. The van der Waals surface area contributed by atoms with Gasteiger partial charge in [-0.05, 0) is 46.2 Å². The van der Waals surface area contributed by atoms with Crippen molar-refractivity contribution in [2.24, 2.45) is 0 Å². The SMILES string of the molecule is O=C1CC(c2ccsc2)(c2cccc(Oc3ccccc3-c3cn[nH]c3)n2)N(S)C(=O)C1c1ccccc1Cl. The Morgan fingerprint density at radius 1 is 1.05 bits per heavy atom. The molecule has 6 rings (SSSR count). The molecule has 2 aromatic carbocycles. The standard InChI is InChI=1S/C29H21ClN4O3S2/c30-22-8-3-1-7-21(22)27-23(35)14-29(34(38)28(27)36,19-12-13-39-17-19)25-10-5-11-26(33-25)37-24-9-4-2-6-20(24)18-15-31-32-16-18/h1-13,15-17,27,38H,14H2,(H,31,32). The van der Waals surface area contributed by atoms with E-state index in [0.717, 1.165) is 16.7 Å². The van der Waals surface area contributed by atoms with E-state index in [1.54, 1.807) is 54.9 Å². The van der Waals surface area contributed by atoms with E-state index in [4.69, 9.17) is 34.1 Å². The van der Waals surface area contributed by atoms with Gasteiger partial charge in [0.25, 0.3) is 0 Å². The van der Waals surface area contributed by atoms with Gasteiger partial charge in [-0.2, -0.15) is 16.4 Å². The van der Waals surface area contributed by atoms with Gasteiger partial charge in [0.05, 0.1) is 11.9 Å². The summed E-state index contributed by atoms with van der Waals surface area (Å²) >= 11 is 12.6. The molecule has 2 unspecified atom stereocenters. The van der Waals surface area contributed by atoms with Gasteiger partial charge in [-0.3, -0.25) is 19.0 Å². The largest absolute Gasteiger partial charge is 0.438 e. The van der Waals surface area contributed by atoms with Gasteiger partial charge in [0.1, 0.15) is 17.2 Å². The number of pyridine rings is 1. The fraction of sp³-hybridized carbons (Fsp3) is 0.103. The molecule has 0 aliphatic carbocycles. The fourth-order valence-corrected chi connectivity index (χ4v) is 6.34. The van der Waals surface area contributed by atoms with Crippen molar-refractivity contribution in [1.82, 2.24) is 19.5 Å². The second kappa shape index (κ2) is 10.3. The van der Waals surface area contributed by atoms with Crippen molar-refractivity contribution < 1.29 is 14.3 Å². The number of piperidine rings is 1. The van der Waals surface area contributed by atoms with Gasteiger partial charge in [-0.15, -0.1) is 0 Å². The molecule has 0 radical (unpaired) electrons. The van der Waals surface area contributed by atoms with Crippen molar-refractivity contribution in [2.75, 3.05) is 0 Å². The third-order valence-electron chi connectivity index (χ3n) is 6.84. The summed E-state index contributed by atoms with van der Waals surface area (Å²) in [5.41, 5.74) is 2.14. The van der Waals surface area contributed by atoms with Crippen molar-refractivity contribution in [2.45, 2.75) is 17.9 Å². The molecule has 10 heteroatoms. The topological polar surface area (TPSA) is 88.2 Å². The number of thiol groups is 1. The summed E-state index contributed by atoms with van der Waals surface area (Å²) in [4.78, 5) is 32.4. The van der Waals surface area contributed by atoms with Crippen LogP contribution in [-0.4, -0.2) is 31.2 Å². The Bertz CT molecular complexity index is 1660. The highest BCUT2D eigenvalue weighted by atomic mass is 35.5. The number of ketones is 1. The second-order valence-electron chi connectivity index (χ2n) is 9.07. The Morgan fingerprint density at radius 2 is 1.87 bits per heavy atom. The zero-order valence-corrected chi connectivity index (χ0v) is 22.8. The summed E-state index contributed by atoms with van der Waals surface area (Å²) in [7, 11) is 0. The van der Waals surface area contributed by atoms with Gasteiger partial charge in [0.15, 0.2) is 5.78 Å². The Labute approximate surface area is 239 Å². The number of ether oxygens (including phenoxy) is 1. The minimum Gasteiger partial charge on any atom is -0.438 e. The first-order valence-corrected chi connectivity index (χ1v) is 13.8. The van der Waals surface area contributed by atoms with Crippen LogP contribution in [0.4, 0.5) is 0 Å². The predicted octanol–water partition coefficient (Wildman–Crippen LogP) is 6.65. The van der Waals surface area contributed by atoms with Gasteiger partial charge >= 0.3 is 0 Å². The summed E-state index contributed by atoms with van der Waals surface area (Å²) in [6, 6.07) is 21.7. The van der Waals surface area contributed by atoms with Crippen LogP contribution in [0.15, 0.2) is 96.0 Å².